The van der Waals surface area contributed by atoms with Crippen LogP contribution in [0.5, 0.6) is 0 Å². The third kappa shape index (κ3) is 1.01. The van der Waals surface area contributed by atoms with Crippen LogP contribution in [0.2, 0.25) is 0 Å². The maximum Gasteiger partial charge on any atom is 0.0634 e. The summed E-state index contributed by atoms with van der Waals surface area (Å²) in [6.45, 7) is 0. The van der Waals surface area contributed by atoms with Gasteiger partial charge in [0.1, 0.15) is 0 Å². The number of nitrogens with one attached hydrogen (secondary N) is 4. The molecule has 0 bridgehead atoms. The molecule has 1 aliphatic heterocycles. The van der Waals surface area contributed by atoms with Gasteiger partial charge in [-0.1, -0.05) is 6.08 Å². The zero-order valence-corrected chi connectivity index (χ0v) is 5.78. The average molecular weight is 140 g/mol. The van der Waals surface area contributed by atoms with E-state index in [1.165, 1.54) is 25.0 Å². The molecule has 0 aromatic carbocycles. The van der Waals surface area contributed by atoms with E-state index in [1.54, 1.807) is 0 Å². The minimum absolute atomic E-state index is 0.481. The number of rotatable bonds is 0. The summed E-state index contributed by atoms with van der Waals surface area (Å²) in [5, 5.41) is 0. The molecule has 4 N–H and O–H groups in total. The first-order chi connectivity index (χ1) is 4.97. The predicted molar refractivity (Wildman–Crippen MR) is 38.3 cm³/mol. The Labute approximate surface area is 60.0 Å². The fourth-order valence-corrected chi connectivity index (χ4v) is 1.39. The summed E-state index contributed by atoms with van der Waals surface area (Å²) >= 11 is 0. The van der Waals surface area contributed by atoms with E-state index >= 15 is 0 Å². The summed E-state index contributed by atoms with van der Waals surface area (Å²) in [6.07, 6.45) is 5.93. The minimum atomic E-state index is 0.481. The Morgan fingerprint density at radius 1 is 1.40 bits per heavy atom. The first kappa shape index (κ1) is 6.15. The van der Waals surface area contributed by atoms with Gasteiger partial charge in [0.05, 0.1) is 6.04 Å². The second-order valence-corrected chi connectivity index (χ2v) is 2.66. The Hall–Kier alpha value is -0.580. The lowest BCUT2D eigenvalue weighted by molar-refractivity contribution is 0.277. The third-order valence-electron chi connectivity index (χ3n) is 1.95. The lowest BCUT2D eigenvalue weighted by Crippen LogP contribution is -2.62. The van der Waals surface area contributed by atoms with Gasteiger partial charge in [-0.25, -0.2) is 5.43 Å². The van der Waals surface area contributed by atoms with Crippen molar-refractivity contribution in [3.63, 3.8) is 0 Å². The highest BCUT2D eigenvalue weighted by molar-refractivity contribution is 5.11. The molecule has 4 heteroatoms. The van der Waals surface area contributed by atoms with E-state index < -0.39 is 0 Å². The molecule has 1 unspecified atom stereocenters. The van der Waals surface area contributed by atoms with Crippen molar-refractivity contribution < 1.29 is 0 Å². The number of allylic oxidation sites excluding steroid dienone is 1. The van der Waals surface area contributed by atoms with Crippen molar-refractivity contribution in [1.29, 1.82) is 0 Å². The van der Waals surface area contributed by atoms with Gasteiger partial charge in [-0.3, -0.25) is 0 Å². The van der Waals surface area contributed by atoms with E-state index in [-0.39, 0.29) is 0 Å². The minimum Gasteiger partial charge on any atom is -0.310 e. The molecular weight excluding hydrogens is 128 g/mol. The molecule has 0 radical (unpaired) electrons. The van der Waals surface area contributed by atoms with E-state index in [9.17, 15) is 0 Å². The topological polar surface area (TPSA) is 48.1 Å². The van der Waals surface area contributed by atoms with Gasteiger partial charge in [0.2, 0.25) is 0 Å². The second kappa shape index (κ2) is 2.57. The van der Waals surface area contributed by atoms with Crippen LogP contribution in [0.4, 0.5) is 0 Å². The smallest absolute Gasteiger partial charge is 0.0634 e. The van der Waals surface area contributed by atoms with Crippen molar-refractivity contribution in [2.24, 2.45) is 0 Å². The first-order valence-electron chi connectivity index (χ1n) is 3.68. The molecule has 2 aliphatic rings. The Morgan fingerprint density at radius 2 is 2.40 bits per heavy atom. The van der Waals surface area contributed by atoms with Gasteiger partial charge in [0.15, 0.2) is 0 Å². The van der Waals surface area contributed by atoms with Crippen LogP contribution in [0.1, 0.15) is 19.3 Å². The molecule has 2 rings (SSSR count). The zero-order chi connectivity index (χ0) is 6.81. The van der Waals surface area contributed by atoms with Crippen LogP contribution in [-0.2, 0) is 0 Å². The molecule has 0 aromatic rings. The predicted octanol–water partition coefficient (Wildman–Crippen LogP) is -0.460. The highest BCUT2D eigenvalue weighted by Gasteiger charge is 2.19. The average Bonchev–Trinajstić information content (AvgIpc) is 2.05. The van der Waals surface area contributed by atoms with Crippen molar-refractivity contribution in [3.8, 4) is 0 Å². The summed E-state index contributed by atoms with van der Waals surface area (Å²) < 4.78 is 0. The largest absolute Gasteiger partial charge is 0.310 e. The van der Waals surface area contributed by atoms with Crippen molar-refractivity contribution in [1.82, 2.24) is 21.9 Å². The van der Waals surface area contributed by atoms with Gasteiger partial charge in [-0.15, -0.1) is 0 Å². The van der Waals surface area contributed by atoms with Crippen molar-refractivity contribution >= 4 is 0 Å². The summed E-state index contributed by atoms with van der Waals surface area (Å²) in [5.74, 6) is 0. The lowest BCUT2D eigenvalue weighted by atomic mass is 10.00. The SMILES string of the molecule is C1=C2NNNNC2CCC1. The molecule has 0 aromatic heterocycles. The van der Waals surface area contributed by atoms with Gasteiger partial charge in [-0.2, -0.15) is 11.1 Å². The van der Waals surface area contributed by atoms with Gasteiger partial charge >= 0.3 is 0 Å². The van der Waals surface area contributed by atoms with E-state index in [4.69, 9.17) is 0 Å². The van der Waals surface area contributed by atoms with Crippen molar-refractivity contribution in [2.75, 3.05) is 0 Å². The third-order valence-corrected chi connectivity index (χ3v) is 1.95. The van der Waals surface area contributed by atoms with Gasteiger partial charge in [-0.05, 0) is 19.3 Å². The summed E-state index contributed by atoms with van der Waals surface area (Å²) in [5.41, 5.74) is 13.1. The van der Waals surface area contributed by atoms with Crippen LogP contribution in [-0.4, -0.2) is 6.04 Å². The molecule has 4 nitrogen and oxygen atoms in total. The van der Waals surface area contributed by atoms with E-state index in [1.807, 2.05) is 0 Å². The Morgan fingerprint density at radius 3 is 3.30 bits per heavy atom. The van der Waals surface area contributed by atoms with Gasteiger partial charge in [0, 0.05) is 5.70 Å². The molecule has 1 atom stereocenters. The molecule has 1 heterocycles. The molecular formula is C6H12N4. The van der Waals surface area contributed by atoms with E-state index in [0.717, 1.165) is 0 Å². The molecule has 0 saturated carbocycles. The monoisotopic (exact) mass is 140 g/mol. The standard InChI is InChI=1S/C6H12N4/c1-2-4-6-5(3-1)7-9-10-8-6/h3,6-10H,1-2,4H2. The second-order valence-electron chi connectivity index (χ2n) is 2.66. The summed E-state index contributed by atoms with van der Waals surface area (Å²) in [6, 6.07) is 0.481. The van der Waals surface area contributed by atoms with E-state index in [2.05, 4.69) is 28.0 Å². The highest BCUT2D eigenvalue weighted by atomic mass is 15.8. The molecule has 56 valence electrons. The number of fused-ring (bicyclic) bond motifs is 1. The Kier molecular flexibility index (Phi) is 1.58. The van der Waals surface area contributed by atoms with Crippen LogP contribution >= 0.6 is 0 Å². The Balaban J connectivity index is 2.08. The van der Waals surface area contributed by atoms with Crippen LogP contribution in [0, 0.1) is 0 Å². The molecule has 10 heavy (non-hydrogen) atoms. The number of hydrogen-bond acceptors (Lipinski definition) is 4. The molecule has 0 spiro atoms. The van der Waals surface area contributed by atoms with Crippen LogP contribution in [0.15, 0.2) is 11.8 Å². The van der Waals surface area contributed by atoms with E-state index in [0.29, 0.717) is 6.04 Å². The number of hydrogen-bond donors (Lipinski definition) is 4. The zero-order valence-electron chi connectivity index (χ0n) is 5.78. The summed E-state index contributed by atoms with van der Waals surface area (Å²) in [7, 11) is 0. The highest BCUT2D eigenvalue weighted by Crippen LogP contribution is 2.15. The fourth-order valence-electron chi connectivity index (χ4n) is 1.39. The fraction of sp³-hybridized carbons (Fsp3) is 0.667. The maximum atomic E-state index is 3.13. The molecule has 0 amide bonds. The maximum absolute atomic E-state index is 3.13. The number of hydrazine groups is 3. The Bertz CT molecular complexity index is 154. The quantitative estimate of drug-likeness (QED) is 0.368. The van der Waals surface area contributed by atoms with Crippen molar-refractivity contribution in [3.05, 3.63) is 11.8 Å². The first-order valence-corrected chi connectivity index (χ1v) is 3.68. The van der Waals surface area contributed by atoms with Gasteiger partial charge in [0.25, 0.3) is 0 Å². The van der Waals surface area contributed by atoms with Crippen LogP contribution < -0.4 is 21.9 Å². The normalized spacial score (nSPS) is 32.0. The van der Waals surface area contributed by atoms with Crippen LogP contribution in [0.25, 0.3) is 0 Å². The van der Waals surface area contributed by atoms with Crippen molar-refractivity contribution in [2.45, 2.75) is 25.3 Å². The summed E-state index contributed by atoms with van der Waals surface area (Å²) in [4.78, 5) is 0. The van der Waals surface area contributed by atoms with Gasteiger partial charge < -0.3 is 5.43 Å². The van der Waals surface area contributed by atoms with Crippen LogP contribution in [0.3, 0.4) is 0 Å². The molecule has 1 fully saturated rings. The molecule has 1 aliphatic carbocycles. The lowest BCUT2D eigenvalue weighted by Gasteiger charge is -2.31. The molecule has 1 saturated heterocycles.